The van der Waals surface area contributed by atoms with E-state index in [4.69, 9.17) is 0 Å². The van der Waals surface area contributed by atoms with Gasteiger partial charge in [-0.15, -0.1) is 5.10 Å². The fourth-order valence-corrected chi connectivity index (χ4v) is 2.67. The lowest BCUT2D eigenvalue weighted by Crippen LogP contribution is -2.23. The number of carbonyl (C=O) groups excluding carboxylic acids is 1. The van der Waals surface area contributed by atoms with Gasteiger partial charge in [-0.2, -0.15) is 5.10 Å². The molecule has 0 saturated carbocycles. The van der Waals surface area contributed by atoms with Gasteiger partial charge < -0.3 is 9.67 Å². The minimum atomic E-state index is -0.508. The highest BCUT2D eigenvalue weighted by atomic mass is 16.3. The van der Waals surface area contributed by atoms with E-state index in [-0.39, 0.29) is 17.3 Å². The standard InChI is InChI=1S/C15H12N6O2/c22-11-5-8-21-10-4-2-1-3-9(10)18-13(21)12(11)14(23)19-15-16-6-7-17-20-15/h1-4,6-7,22H,5,8H2,(H,16,19,20,23). The zero-order chi connectivity index (χ0) is 15.8. The number of rotatable bonds is 2. The number of para-hydroxylation sites is 2. The normalized spacial score (nSPS) is 13.9. The summed E-state index contributed by atoms with van der Waals surface area (Å²) in [5, 5.41) is 20.1. The van der Waals surface area contributed by atoms with Gasteiger partial charge in [0.05, 0.1) is 23.4 Å². The number of allylic oxidation sites excluding steroid dienone is 1. The van der Waals surface area contributed by atoms with Crippen LogP contribution in [0, 0.1) is 0 Å². The Bertz CT molecular complexity index is 932. The van der Waals surface area contributed by atoms with Crippen LogP contribution in [0.4, 0.5) is 5.95 Å². The SMILES string of the molecule is O=C(Nc1nccnn1)C1=C(O)CCn2c1nc1ccccc12. The molecule has 0 unspecified atom stereocenters. The monoisotopic (exact) mass is 308 g/mol. The Labute approximate surface area is 130 Å². The summed E-state index contributed by atoms with van der Waals surface area (Å²) in [6.45, 7) is 0.571. The van der Waals surface area contributed by atoms with Crippen molar-refractivity contribution >= 4 is 28.5 Å². The predicted octanol–water partition coefficient (Wildman–Crippen LogP) is 1.53. The molecule has 0 atom stereocenters. The number of aryl methyl sites for hydroxylation is 1. The Balaban J connectivity index is 1.78. The molecule has 3 aromatic rings. The third-order valence-corrected chi connectivity index (χ3v) is 3.67. The molecule has 8 heteroatoms. The number of aliphatic hydroxyl groups excluding tert-OH is 1. The number of benzene rings is 1. The number of anilines is 1. The van der Waals surface area contributed by atoms with Crippen LogP contribution < -0.4 is 5.32 Å². The summed E-state index contributed by atoms with van der Waals surface area (Å²) >= 11 is 0. The molecule has 0 aliphatic carbocycles. The van der Waals surface area contributed by atoms with Crippen LogP contribution in [0.5, 0.6) is 0 Å². The number of nitrogens with one attached hydrogen (secondary N) is 1. The van der Waals surface area contributed by atoms with E-state index in [1.807, 2.05) is 28.8 Å². The molecule has 0 fully saturated rings. The maximum absolute atomic E-state index is 12.5. The van der Waals surface area contributed by atoms with Crippen LogP contribution in [0.15, 0.2) is 42.4 Å². The first-order chi connectivity index (χ1) is 11.2. The Hall–Kier alpha value is -3.29. The number of hydrogen-bond donors (Lipinski definition) is 2. The van der Waals surface area contributed by atoms with Gasteiger partial charge in [-0.25, -0.2) is 9.97 Å². The van der Waals surface area contributed by atoms with Crippen molar-refractivity contribution in [2.24, 2.45) is 0 Å². The lowest BCUT2D eigenvalue weighted by Gasteiger charge is -2.18. The topological polar surface area (TPSA) is 106 Å². The number of carbonyl (C=O) groups is 1. The summed E-state index contributed by atoms with van der Waals surface area (Å²) in [7, 11) is 0. The summed E-state index contributed by atoms with van der Waals surface area (Å²) in [6, 6.07) is 7.61. The molecule has 1 aliphatic heterocycles. The fourth-order valence-electron chi connectivity index (χ4n) is 2.67. The van der Waals surface area contributed by atoms with E-state index < -0.39 is 5.91 Å². The first kappa shape index (κ1) is 13.4. The molecular weight excluding hydrogens is 296 g/mol. The summed E-state index contributed by atoms with van der Waals surface area (Å²) in [5.74, 6) is 0.0170. The van der Waals surface area contributed by atoms with Crippen molar-refractivity contribution in [2.75, 3.05) is 5.32 Å². The van der Waals surface area contributed by atoms with Gasteiger partial charge in [0.15, 0.2) is 0 Å². The molecular formula is C15H12N6O2. The fraction of sp³-hybridized carbons (Fsp3) is 0.133. The van der Waals surface area contributed by atoms with Gasteiger partial charge in [-0.1, -0.05) is 12.1 Å². The molecule has 8 nitrogen and oxygen atoms in total. The van der Waals surface area contributed by atoms with Crippen molar-refractivity contribution in [3.8, 4) is 0 Å². The minimum Gasteiger partial charge on any atom is -0.511 e. The van der Waals surface area contributed by atoms with E-state index in [0.29, 0.717) is 18.8 Å². The first-order valence-electron chi connectivity index (χ1n) is 7.07. The lowest BCUT2D eigenvalue weighted by atomic mass is 10.1. The largest absolute Gasteiger partial charge is 0.511 e. The quantitative estimate of drug-likeness (QED) is 0.743. The molecule has 0 spiro atoms. The molecule has 1 aliphatic rings. The Kier molecular flexibility index (Phi) is 3.00. The van der Waals surface area contributed by atoms with Crippen LogP contribution >= 0.6 is 0 Å². The third kappa shape index (κ3) is 2.20. The molecule has 2 N–H and O–H groups in total. The van der Waals surface area contributed by atoms with Gasteiger partial charge >= 0.3 is 0 Å². The van der Waals surface area contributed by atoms with Crippen molar-refractivity contribution in [2.45, 2.75) is 13.0 Å². The van der Waals surface area contributed by atoms with E-state index in [2.05, 4.69) is 25.5 Å². The van der Waals surface area contributed by atoms with Crippen LogP contribution in [0.1, 0.15) is 12.2 Å². The average Bonchev–Trinajstić information content (AvgIpc) is 2.93. The molecule has 0 radical (unpaired) electrons. The Morgan fingerprint density at radius 2 is 2.13 bits per heavy atom. The molecule has 0 saturated heterocycles. The maximum Gasteiger partial charge on any atom is 0.265 e. The number of fused-ring (bicyclic) bond motifs is 3. The molecule has 1 amide bonds. The molecule has 4 rings (SSSR count). The summed E-state index contributed by atoms with van der Waals surface area (Å²) in [4.78, 5) is 20.9. The van der Waals surface area contributed by atoms with Gasteiger partial charge in [-0.3, -0.25) is 10.1 Å². The van der Waals surface area contributed by atoms with Gasteiger partial charge in [0.1, 0.15) is 17.2 Å². The smallest absolute Gasteiger partial charge is 0.265 e. The zero-order valence-electron chi connectivity index (χ0n) is 12.0. The number of aromatic nitrogens is 5. The van der Waals surface area contributed by atoms with Crippen molar-refractivity contribution in [1.82, 2.24) is 24.7 Å². The van der Waals surface area contributed by atoms with Crippen molar-refractivity contribution in [1.29, 1.82) is 0 Å². The molecule has 1 aromatic carbocycles. The number of nitrogens with zero attached hydrogens (tertiary/aromatic N) is 5. The van der Waals surface area contributed by atoms with E-state index in [1.165, 1.54) is 12.4 Å². The molecule has 2 aromatic heterocycles. The molecule has 3 heterocycles. The highest BCUT2D eigenvalue weighted by Gasteiger charge is 2.28. The summed E-state index contributed by atoms with van der Waals surface area (Å²) in [5.41, 5.74) is 1.85. The number of aliphatic hydroxyl groups is 1. The van der Waals surface area contributed by atoms with Crippen LogP contribution in [0.25, 0.3) is 16.6 Å². The van der Waals surface area contributed by atoms with Crippen molar-refractivity contribution < 1.29 is 9.90 Å². The highest BCUT2D eigenvalue weighted by Crippen LogP contribution is 2.29. The van der Waals surface area contributed by atoms with E-state index >= 15 is 0 Å². The summed E-state index contributed by atoms with van der Waals surface area (Å²) < 4.78 is 1.92. The van der Waals surface area contributed by atoms with Gasteiger partial charge in [0.25, 0.3) is 5.91 Å². The average molecular weight is 308 g/mol. The maximum atomic E-state index is 12.5. The van der Waals surface area contributed by atoms with Crippen LogP contribution in [0.2, 0.25) is 0 Å². The molecule has 0 bridgehead atoms. The molecule has 23 heavy (non-hydrogen) atoms. The number of hydrogen-bond acceptors (Lipinski definition) is 6. The van der Waals surface area contributed by atoms with Crippen LogP contribution in [0.3, 0.4) is 0 Å². The van der Waals surface area contributed by atoms with Crippen molar-refractivity contribution in [3.05, 3.63) is 48.2 Å². The second-order valence-electron chi connectivity index (χ2n) is 5.07. The Morgan fingerprint density at radius 1 is 1.26 bits per heavy atom. The predicted molar refractivity (Wildman–Crippen MR) is 82.4 cm³/mol. The second-order valence-corrected chi connectivity index (χ2v) is 5.07. The number of amides is 1. The van der Waals surface area contributed by atoms with Gasteiger partial charge in [0.2, 0.25) is 5.95 Å². The number of imidazole rings is 1. The van der Waals surface area contributed by atoms with E-state index in [0.717, 1.165) is 11.0 Å². The van der Waals surface area contributed by atoms with Gasteiger partial charge in [0, 0.05) is 13.0 Å². The lowest BCUT2D eigenvalue weighted by molar-refractivity contribution is -0.111. The van der Waals surface area contributed by atoms with Gasteiger partial charge in [-0.05, 0) is 12.1 Å². The van der Waals surface area contributed by atoms with Crippen molar-refractivity contribution in [3.63, 3.8) is 0 Å². The third-order valence-electron chi connectivity index (χ3n) is 3.67. The molecule has 114 valence electrons. The Morgan fingerprint density at radius 3 is 2.96 bits per heavy atom. The summed E-state index contributed by atoms with van der Waals surface area (Å²) in [6.07, 6.45) is 3.20. The highest BCUT2D eigenvalue weighted by molar-refractivity contribution is 6.25. The minimum absolute atomic E-state index is 0.00852. The van der Waals surface area contributed by atoms with Crippen LogP contribution in [-0.2, 0) is 11.3 Å². The van der Waals surface area contributed by atoms with E-state index in [1.54, 1.807) is 0 Å². The van der Waals surface area contributed by atoms with E-state index in [9.17, 15) is 9.90 Å². The zero-order valence-corrected chi connectivity index (χ0v) is 12.0. The van der Waals surface area contributed by atoms with Crippen LogP contribution in [-0.4, -0.2) is 35.7 Å². The second kappa shape index (κ2) is 5.16. The first-order valence-corrected chi connectivity index (χ1v) is 7.07.